The molecule has 0 bridgehead atoms. The lowest BCUT2D eigenvalue weighted by Crippen LogP contribution is -2.07. The Kier molecular flexibility index (Phi) is 6.52. The summed E-state index contributed by atoms with van der Waals surface area (Å²) in [6.45, 7) is 7.66. The maximum Gasteiger partial charge on any atom is 0.197 e. The topological polar surface area (TPSA) is 98.0 Å². The largest absolute Gasteiger partial charge is 0.508 e. The van der Waals surface area contributed by atoms with E-state index in [1.54, 1.807) is 0 Å². The van der Waals surface area contributed by atoms with Gasteiger partial charge in [0.2, 0.25) is 0 Å². The van der Waals surface area contributed by atoms with Crippen molar-refractivity contribution in [1.29, 1.82) is 0 Å². The van der Waals surface area contributed by atoms with Gasteiger partial charge in [0.05, 0.1) is 5.56 Å². The lowest BCUT2D eigenvalue weighted by molar-refractivity contribution is 0.103. The minimum atomic E-state index is -0.542. The van der Waals surface area contributed by atoms with Crippen molar-refractivity contribution in [3.8, 4) is 23.0 Å². The molecule has 0 aliphatic heterocycles. The smallest absolute Gasteiger partial charge is 0.197 e. The molecule has 0 aromatic heterocycles. The molecule has 0 radical (unpaired) electrons. The zero-order chi connectivity index (χ0) is 21.0. The number of aromatic hydroxyl groups is 4. The summed E-state index contributed by atoms with van der Waals surface area (Å²) in [7, 11) is 0. The summed E-state index contributed by atoms with van der Waals surface area (Å²) in [5, 5.41) is 40.4. The van der Waals surface area contributed by atoms with Gasteiger partial charge in [0.15, 0.2) is 5.78 Å². The zero-order valence-corrected chi connectivity index (χ0v) is 16.6. The van der Waals surface area contributed by atoms with Gasteiger partial charge in [0.1, 0.15) is 23.0 Å². The molecule has 28 heavy (non-hydrogen) atoms. The van der Waals surface area contributed by atoms with Crippen molar-refractivity contribution < 1.29 is 25.2 Å². The Morgan fingerprint density at radius 2 is 1.36 bits per heavy atom. The number of allylic oxidation sites excluding steroid dienone is 4. The molecule has 2 aromatic carbocycles. The van der Waals surface area contributed by atoms with Crippen molar-refractivity contribution in [2.75, 3.05) is 0 Å². The summed E-state index contributed by atoms with van der Waals surface area (Å²) in [5.41, 5.74) is 3.03. The summed E-state index contributed by atoms with van der Waals surface area (Å²) < 4.78 is 0. The molecule has 0 aliphatic rings. The fraction of sp³-hybridized carbons (Fsp3) is 0.261. The van der Waals surface area contributed by atoms with Gasteiger partial charge in [0.25, 0.3) is 0 Å². The van der Waals surface area contributed by atoms with Gasteiger partial charge in [-0.2, -0.15) is 0 Å². The Morgan fingerprint density at radius 3 is 1.96 bits per heavy atom. The van der Waals surface area contributed by atoms with Crippen LogP contribution in [0.2, 0.25) is 0 Å². The van der Waals surface area contributed by atoms with Crippen molar-refractivity contribution in [2.45, 2.75) is 40.5 Å². The molecule has 0 saturated heterocycles. The first-order chi connectivity index (χ1) is 13.1. The number of carbonyl (C=O) groups is 1. The van der Waals surface area contributed by atoms with Crippen LogP contribution >= 0.6 is 0 Å². The van der Waals surface area contributed by atoms with Gasteiger partial charge in [-0.25, -0.2) is 0 Å². The van der Waals surface area contributed by atoms with Crippen molar-refractivity contribution >= 4 is 5.78 Å². The molecule has 0 spiro atoms. The zero-order valence-electron chi connectivity index (χ0n) is 16.6. The molecule has 148 valence electrons. The predicted molar refractivity (Wildman–Crippen MR) is 109 cm³/mol. The first-order valence-corrected chi connectivity index (χ1v) is 9.01. The van der Waals surface area contributed by atoms with Gasteiger partial charge >= 0.3 is 0 Å². The summed E-state index contributed by atoms with van der Waals surface area (Å²) in [4.78, 5) is 13.1. The van der Waals surface area contributed by atoms with Crippen molar-refractivity contribution in [3.63, 3.8) is 0 Å². The molecular weight excluding hydrogens is 356 g/mol. The fourth-order valence-electron chi connectivity index (χ4n) is 2.79. The second kappa shape index (κ2) is 8.65. The maximum absolute atomic E-state index is 13.1. The Hall–Kier alpha value is -3.21. The van der Waals surface area contributed by atoms with Gasteiger partial charge in [-0.3, -0.25) is 4.79 Å². The third kappa shape index (κ3) is 4.94. The third-order valence-corrected chi connectivity index (χ3v) is 4.34. The maximum atomic E-state index is 13.1. The quantitative estimate of drug-likeness (QED) is 0.427. The van der Waals surface area contributed by atoms with Crippen molar-refractivity contribution in [1.82, 2.24) is 0 Å². The minimum absolute atomic E-state index is 0.00148. The van der Waals surface area contributed by atoms with E-state index in [1.165, 1.54) is 18.2 Å². The van der Waals surface area contributed by atoms with E-state index in [0.29, 0.717) is 24.0 Å². The highest BCUT2D eigenvalue weighted by Gasteiger charge is 2.22. The number of rotatable bonds is 6. The molecule has 2 aromatic rings. The van der Waals surface area contributed by atoms with Crippen LogP contribution < -0.4 is 0 Å². The molecule has 0 saturated carbocycles. The summed E-state index contributed by atoms with van der Waals surface area (Å²) in [6, 6.07) is 5.04. The Labute approximate surface area is 164 Å². The predicted octanol–water partition coefficient (Wildman–Crippen LogP) is 4.76. The number of phenols is 4. The minimum Gasteiger partial charge on any atom is -0.508 e. The van der Waals surface area contributed by atoms with Gasteiger partial charge in [-0.15, -0.1) is 0 Å². The normalized spacial score (nSPS) is 10.4. The molecule has 4 N–H and O–H groups in total. The van der Waals surface area contributed by atoms with E-state index >= 15 is 0 Å². The highest BCUT2D eigenvalue weighted by atomic mass is 16.3. The van der Waals surface area contributed by atoms with Crippen LogP contribution in [0.15, 0.2) is 47.6 Å². The number of carbonyl (C=O) groups excluding carboxylic acids is 1. The third-order valence-electron chi connectivity index (χ3n) is 4.34. The highest BCUT2D eigenvalue weighted by molar-refractivity contribution is 6.12. The summed E-state index contributed by atoms with van der Waals surface area (Å²) in [5.74, 6) is -1.44. The summed E-state index contributed by atoms with van der Waals surface area (Å²) in [6.07, 6.45) is 4.48. The lowest BCUT2D eigenvalue weighted by atomic mass is 9.93. The van der Waals surface area contributed by atoms with Crippen LogP contribution in [0, 0.1) is 0 Å². The first-order valence-electron chi connectivity index (χ1n) is 9.01. The Balaban J connectivity index is 2.58. The standard InChI is InChI=1S/C23H26O5/c1-13(2)5-7-15-9-19(22(27)12-20(15)25)23(28)18-10-16(24)11-21(26)17(18)8-6-14(3)4/h5-6,9-12,24-27H,7-8H2,1-4H3. The SMILES string of the molecule is CC(C)=CCc1cc(C(=O)c2cc(O)cc(O)c2CC=C(C)C)c(O)cc1O. The van der Waals surface area contributed by atoms with Crippen LogP contribution in [0.5, 0.6) is 23.0 Å². The van der Waals surface area contributed by atoms with Crippen LogP contribution in [0.25, 0.3) is 0 Å². The van der Waals surface area contributed by atoms with Crippen LogP contribution in [0.1, 0.15) is 54.7 Å². The number of hydrogen-bond donors (Lipinski definition) is 4. The second-order valence-corrected chi connectivity index (χ2v) is 7.29. The average molecular weight is 382 g/mol. The van der Waals surface area contributed by atoms with Gasteiger partial charge in [-0.1, -0.05) is 23.3 Å². The molecule has 2 rings (SSSR count). The second-order valence-electron chi connectivity index (χ2n) is 7.29. The summed E-state index contributed by atoms with van der Waals surface area (Å²) >= 11 is 0. The van der Waals surface area contributed by atoms with E-state index in [1.807, 2.05) is 39.8 Å². The molecule has 0 atom stereocenters. The van der Waals surface area contributed by atoms with Crippen LogP contribution in [0.3, 0.4) is 0 Å². The van der Waals surface area contributed by atoms with E-state index in [2.05, 4.69) is 0 Å². The number of benzene rings is 2. The van der Waals surface area contributed by atoms with Crippen molar-refractivity contribution in [3.05, 3.63) is 69.8 Å². The van der Waals surface area contributed by atoms with Gasteiger partial charge < -0.3 is 20.4 Å². The molecule has 0 amide bonds. The first kappa shape index (κ1) is 21.1. The molecule has 0 fully saturated rings. The van der Waals surface area contributed by atoms with Crippen LogP contribution in [-0.4, -0.2) is 26.2 Å². The number of hydrogen-bond acceptors (Lipinski definition) is 5. The molecule has 5 heteroatoms. The average Bonchev–Trinajstić information content (AvgIpc) is 2.58. The Bertz CT molecular complexity index is 959. The van der Waals surface area contributed by atoms with E-state index in [9.17, 15) is 25.2 Å². The van der Waals surface area contributed by atoms with Crippen LogP contribution in [0.4, 0.5) is 0 Å². The molecule has 0 aliphatic carbocycles. The highest BCUT2D eigenvalue weighted by Crippen LogP contribution is 2.34. The lowest BCUT2D eigenvalue weighted by Gasteiger charge is -2.13. The van der Waals surface area contributed by atoms with E-state index in [-0.39, 0.29) is 34.1 Å². The number of phenolic OH excluding ortho intramolecular Hbond substituents is 4. The van der Waals surface area contributed by atoms with Gasteiger partial charge in [-0.05, 0) is 58.2 Å². The van der Waals surface area contributed by atoms with Crippen molar-refractivity contribution in [2.24, 2.45) is 0 Å². The van der Waals surface area contributed by atoms with E-state index < -0.39 is 5.78 Å². The molecule has 0 heterocycles. The molecule has 5 nitrogen and oxygen atoms in total. The Morgan fingerprint density at radius 1 is 0.750 bits per heavy atom. The molecule has 0 unspecified atom stereocenters. The van der Waals surface area contributed by atoms with Gasteiger partial charge in [0, 0.05) is 23.3 Å². The van der Waals surface area contributed by atoms with E-state index in [0.717, 1.165) is 17.2 Å². The fourth-order valence-corrected chi connectivity index (χ4v) is 2.79. The monoisotopic (exact) mass is 382 g/mol. The van der Waals surface area contributed by atoms with E-state index in [4.69, 9.17) is 0 Å². The number of ketones is 1. The molecular formula is C23H26O5. The van der Waals surface area contributed by atoms with Crippen LogP contribution in [-0.2, 0) is 12.8 Å².